The summed E-state index contributed by atoms with van der Waals surface area (Å²) in [7, 11) is 1.27. The van der Waals surface area contributed by atoms with Gasteiger partial charge in [-0.1, -0.05) is 12.1 Å². The fourth-order valence-corrected chi connectivity index (χ4v) is 4.62. The zero-order chi connectivity index (χ0) is 24.5. The second kappa shape index (κ2) is 9.23. The third-order valence-electron chi connectivity index (χ3n) is 5.15. The predicted octanol–water partition coefficient (Wildman–Crippen LogP) is 7.17. The van der Waals surface area contributed by atoms with Gasteiger partial charge in [-0.3, -0.25) is 0 Å². The van der Waals surface area contributed by atoms with E-state index in [1.165, 1.54) is 38.3 Å². The Kier molecular flexibility index (Phi) is 6.34. The average Bonchev–Trinajstić information content (AvgIpc) is 3.16. The number of methoxy groups -OCH3 is 1. The summed E-state index contributed by atoms with van der Waals surface area (Å²) in [5.74, 6) is -4.39. The Balaban J connectivity index is 1.77. The topological polar surface area (TPSA) is 55.8 Å². The summed E-state index contributed by atoms with van der Waals surface area (Å²) in [6, 6.07) is 13.9. The number of phenols is 1. The molecular formula is C26H19F3O4S. The largest absolute Gasteiger partial charge is 0.508 e. The number of carbonyl (C=O) groups excluding carboxylic acids is 1. The second-order valence-corrected chi connectivity index (χ2v) is 8.55. The Morgan fingerprint density at radius 1 is 1.06 bits per heavy atom. The zero-order valence-electron chi connectivity index (χ0n) is 18.1. The number of carbonyl (C=O) groups is 1. The highest BCUT2D eigenvalue weighted by Gasteiger charge is 2.41. The maximum atomic E-state index is 15.7. The van der Waals surface area contributed by atoms with E-state index >= 15 is 8.78 Å². The molecule has 0 bridgehead atoms. The van der Waals surface area contributed by atoms with Crippen molar-refractivity contribution in [1.29, 1.82) is 0 Å². The highest BCUT2D eigenvalue weighted by atomic mass is 32.1. The normalized spacial score (nSPS) is 11.8. The van der Waals surface area contributed by atoms with Crippen molar-refractivity contribution in [2.24, 2.45) is 0 Å². The molecule has 0 unspecified atom stereocenters. The number of hydrogen-bond acceptors (Lipinski definition) is 5. The lowest BCUT2D eigenvalue weighted by Crippen LogP contribution is -2.16. The minimum absolute atomic E-state index is 0.0495. The number of benzene rings is 3. The van der Waals surface area contributed by atoms with Crippen LogP contribution in [0.2, 0.25) is 0 Å². The number of esters is 1. The van der Waals surface area contributed by atoms with Gasteiger partial charge >= 0.3 is 11.9 Å². The van der Waals surface area contributed by atoms with Crippen molar-refractivity contribution in [3.63, 3.8) is 0 Å². The number of rotatable bonds is 6. The van der Waals surface area contributed by atoms with Crippen LogP contribution in [0.15, 0.2) is 66.7 Å². The molecule has 174 valence electrons. The van der Waals surface area contributed by atoms with Gasteiger partial charge in [0.2, 0.25) is 0 Å². The maximum absolute atomic E-state index is 15.7. The van der Waals surface area contributed by atoms with Gasteiger partial charge in [0.05, 0.1) is 7.11 Å². The standard InChI is InChI=1S/C26H19F3O4S/c1-15-13-17(27)6-11-21(15)26(28,29)25-24(20-10-7-18(30)14-22(20)34-25)33-19-8-3-16(4-9-19)5-12-23(31)32-2/h3-14,30H,1-2H3/b12-5+. The molecule has 0 saturated carbocycles. The number of fused-ring (bicyclic) bond motifs is 1. The number of hydrogen-bond donors (Lipinski definition) is 1. The molecule has 0 saturated heterocycles. The van der Waals surface area contributed by atoms with E-state index in [0.29, 0.717) is 21.4 Å². The number of alkyl halides is 2. The lowest BCUT2D eigenvalue weighted by Gasteiger charge is -2.19. The van der Waals surface area contributed by atoms with Crippen molar-refractivity contribution >= 4 is 33.5 Å². The molecule has 4 aromatic rings. The molecule has 4 rings (SSSR count). The third-order valence-corrected chi connectivity index (χ3v) is 6.36. The average molecular weight is 484 g/mol. The summed E-state index contributed by atoms with van der Waals surface area (Å²) < 4.78 is 55.9. The number of halogens is 3. The van der Waals surface area contributed by atoms with Gasteiger partial charge < -0.3 is 14.6 Å². The van der Waals surface area contributed by atoms with Crippen molar-refractivity contribution < 1.29 is 32.5 Å². The van der Waals surface area contributed by atoms with Crippen molar-refractivity contribution in [2.75, 3.05) is 7.11 Å². The summed E-state index contributed by atoms with van der Waals surface area (Å²) in [4.78, 5) is 10.9. The van der Waals surface area contributed by atoms with Crippen molar-refractivity contribution in [1.82, 2.24) is 0 Å². The van der Waals surface area contributed by atoms with E-state index in [-0.39, 0.29) is 27.5 Å². The minimum atomic E-state index is -3.48. The molecule has 0 atom stereocenters. The molecule has 0 amide bonds. The molecular weight excluding hydrogens is 465 g/mol. The van der Waals surface area contributed by atoms with Crippen LogP contribution in [0.5, 0.6) is 17.2 Å². The molecule has 0 aliphatic heterocycles. The quantitative estimate of drug-likeness (QED) is 0.233. The lowest BCUT2D eigenvalue weighted by atomic mass is 10.0. The van der Waals surface area contributed by atoms with Crippen LogP contribution in [0.4, 0.5) is 13.2 Å². The van der Waals surface area contributed by atoms with Crippen LogP contribution in [0.3, 0.4) is 0 Å². The van der Waals surface area contributed by atoms with Gasteiger partial charge in [0.1, 0.15) is 22.2 Å². The Morgan fingerprint density at radius 3 is 2.47 bits per heavy atom. The fraction of sp³-hybridized carbons (Fsp3) is 0.115. The van der Waals surface area contributed by atoms with Gasteiger partial charge in [0.25, 0.3) is 0 Å². The van der Waals surface area contributed by atoms with Crippen LogP contribution < -0.4 is 4.74 Å². The van der Waals surface area contributed by atoms with Crippen LogP contribution in [0.25, 0.3) is 16.2 Å². The highest BCUT2D eigenvalue weighted by molar-refractivity contribution is 7.19. The SMILES string of the molecule is COC(=O)/C=C/c1ccc(Oc2c(C(F)(F)c3ccc(F)cc3C)sc3cc(O)ccc23)cc1. The van der Waals surface area contributed by atoms with Crippen LogP contribution in [0.1, 0.15) is 21.6 Å². The molecule has 34 heavy (non-hydrogen) atoms. The van der Waals surface area contributed by atoms with Gasteiger partial charge in [0.15, 0.2) is 5.75 Å². The van der Waals surface area contributed by atoms with Crippen LogP contribution in [0, 0.1) is 12.7 Å². The zero-order valence-corrected chi connectivity index (χ0v) is 19.0. The summed E-state index contributed by atoms with van der Waals surface area (Å²) >= 11 is 0.798. The molecule has 1 N–H and O–H groups in total. The van der Waals surface area contributed by atoms with Gasteiger partial charge in [0, 0.05) is 21.7 Å². The highest BCUT2D eigenvalue weighted by Crippen LogP contribution is 2.51. The van der Waals surface area contributed by atoms with Crippen molar-refractivity contribution in [3.05, 3.63) is 94.1 Å². The van der Waals surface area contributed by atoms with E-state index in [1.807, 2.05) is 0 Å². The van der Waals surface area contributed by atoms with Crippen LogP contribution in [-0.2, 0) is 15.5 Å². The maximum Gasteiger partial charge on any atom is 0.330 e. The van der Waals surface area contributed by atoms with Gasteiger partial charge in [-0.25, -0.2) is 9.18 Å². The first-order valence-corrected chi connectivity index (χ1v) is 10.9. The lowest BCUT2D eigenvalue weighted by molar-refractivity contribution is -0.134. The van der Waals surface area contributed by atoms with E-state index in [4.69, 9.17) is 4.74 Å². The molecule has 8 heteroatoms. The molecule has 0 radical (unpaired) electrons. The Morgan fingerprint density at radius 2 is 1.79 bits per heavy atom. The molecule has 3 aromatic carbocycles. The summed E-state index contributed by atoms with van der Waals surface area (Å²) in [5.41, 5.74) is 0.459. The summed E-state index contributed by atoms with van der Waals surface area (Å²) in [5, 5.41) is 10.3. The first-order valence-electron chi connectivity index (χ1n) is 10.1. The Hall–Kier alpha value is -3.78. The van der Waals surface area contributed by atoms with E-state index in [1.54, 1.807) is 30.3 Å². The number of phenolic OH excluding ortho intramolecular Hbond substituents is 1. The summed E-state index contributed by atoms with van der Waals surface area (Å²) in [6.45, 7) is 1.42. The number of thiophene rings is 1. The van der Waals surface area contributed by atoms with Gasteiger partial charge in [-0.05, 0) is 72.7 Å². The molecule has 0 aliphatic rings. The molecule has 0 aliphatic carbocycles. The second-order valence-electron chi connectivity index (χ2n) is 7.50. The third kappa shape index (κ3) is 4.63. The summed E-state index contributed by atoms with van der Waals surface area (Å²) in [6.07, 6.45) is 2.81. The van der Waals surface area contributed by atoms with Crippen LogP contribution in [-0.4, -0.2) is 18.2 Å². The van der Waals surface area contributed by atoms with Crippen LogP contribution >= 0.6 is 11.3 Å². The minimum Gasteiger partial charge on any atom is -0.508 e. The number of ether oxygens (including phenoxy) is 2. The molecule has 1 heterocycles. The number of aryl methyl sites for hydroxylation is 1. The Bertz CT molecular complexity index is 1390. The van der Waals surface area contributed by atoms with E-state index in [9.17, 15) is 14.3 Å². The van der Waals surface area contributed by atoms with Crippen molar-refractivity contribution in [2.45, 2.75) is 12.8 Å². The van der Waals surface area contributed by atoms with Gasteiger partial charge in [-0.15, -0.1) is 11.3 Å². The molecule has 1 aromatic heterocycles. The Labute approximate surface area is 197 Å². The monoisotopic (exact) mass is 484 g/mol. The van der Waals surface area contributed by atoms with E-state index < -0.39 is 17.7 Å². The molecule has 0 fully saturated rings. The first-order chi connectivity index (χ1) is 16.2. The first kappa shape index (κ1) is 23.4. The van der Waals surface area contributed by atoms with Gasteiger partial charge in [-0.2, -0.15) is 8.78 Å². The smallest absolute Gasteiger partial charge is 0.330 e. The van der Waals surface area contributed by atoms with Crippen molar-refractivity contribution in [3.8, 4) is 17.2 Å². The molecule has 0 spiro atoms. The fourth-order valence-electron chi connectivity index (χ4n) is 3.47. The predicted molar refractivity (Wildman–Crippen MR) is 125 cm³/mol. The van der Waals surface area contributed by atoms with E-state index in [0.717, 1.165) is 29.5 Å². The number of aromatic hydroxyl groups is 1. The molecule has 4 nitrogen and oxygen atoms in total. The van der Waals surface area contributed by atoms with E-state index in [2.05, 4.69) is 4.74 Å².